The Balaban J connectivity index is 1.78. The number of para-hydroxylation sites is 1. The van der Waals surface area contributed by atoms with Gasteiger partial charge in [0.15, 0.2) is 0 Å². The first-order valence-corrected chi connectivity index (χ1v) is 7.39. The van der Waals surface area contributed by atoms with Crippen molar-refractivity contribution in [2.45, 2.75) is 13.5 Å². The lowest BCUT2D eigenvalue weighted by molar-refractivity contribution is -0.129. The van der Waals surface area contributed by atoms with Gasteiger partial charge >= 0.3 is 6.03 Å². The summed E-state index contributed by atoms with van der Waals surface area (Å²) in [6.07, 6.45) is 3.39. The number of anilines is 1. The van der Waals surface area contributed by atoms with Crippen molar-refractivity contribution < 1.29 is 9.59 Å². The molecule has 0 aliphatic carbocycles. The highest BCUT2D eigenvalue weighted by molar-refractivity contribution is 5.89. The molecule has 2 rings (SSSR count). The van der Waals surface area contributed by atoms with E-state index < -0.39 is 0 Å². The van der Waals surface area contributed by atoms with E-state index in [1.165, 1.54) is 6.92 Å². The number of benzene rings is 1. The number of nitrogens with zero attached hydrogens (tertiary/aromatic N) is 2. The summed E-state index contributed by atoms with van der Waals surface area (Å²) in [5, 5.41) is 5.48. The van der Waals surface area contributed by atoms with Crippen molar-refractivity contribution in [3.05, 3.63) is 60.4 Å². The van der Waals surface area contributed by atoms with Gasteiger partial charge in [0.2, 0.25) is 5.91 Å². The summed E-state index contributed by atoms with van der Waals surface area (Å²) in [5.74, 6) is -0.0351. The van der Waals surface area contributed by atoms with Crippen LogP contribution in [0.5, 0.6) is 0 Å². The van der Waals surface area contributed by atoms with Crippen LogP contribution in [0.3, 0.4) is 0 Å². The lowest BCUT2D eigenvalue weighted by atomic mass is 10.2. The van der Waals surface area contributed by atoms with Crippen LogP contribution in [-0.2, 0) is 11.3 Å². The molecule has 3 amide bonds. The van der Waals surface area contributed by atoms with E-state index in [4.69, 9.17) is 0 Å². The molecule has 2 N–H and O–H groups in total. The van der Waals surface area contributed by atoms with Gasteiger partial charge in [0.25, 0.3) is 0 Å². The molecular weight excluding hydrogens is 292 g/mol. The summed E-state index contributed by atoms with van der Waals surface area (Å²) in [4.78, 5) is 29.1. The maximum Gasteiger partial charge on any atom is 0.319 e. The monoisotopic (exact) mass is 312 g/mol. The predicted octanol–water partition coefficient (Wildman–Crippen LogP) is 2.25. The molecule has 6 nitrogen and oxygen atoms in total. The van der Waals surface area contributed by atoms with Gasteiger partial charge in [-0.15, -0.1) is 0 Å². The zero-order valence-corrected chi connectivity index (χ0v) is 13.0. The maximum absolute atomic E-state index is 11.8. The normalized spacial score (nSPS) is 9.96. The number of rotatable bonds is 6. The van der Waals surface area contributed by atoms with Gasteiger partial charge in [0.1, 0.15) is 0 Å². The van der Waals surface area contributed by atoms with Gasteiger partial charge in [-0.1, -0.05) is 18.2 Å². The largest absolute Gasteiger partial charge is 0.337 e. The van der Waals surface area contributed by atoms with Gasteiger partial charge < -0.3 is 15.5 Å². The summed E-state index contributed by atoms with van der Waals surface area (Å²) in [6.45, 7) is 2.84. The molecule has 0 bridgehead atoms. The Bertz CT molecular complexity index is 632. The minimum absolute atomic E-state index is 0.0351. The highest BCUT2D eigenvalue weighted by Crippen LogP contribution is 2.05. The Morgan fingerprint density at radius 3 is 2.43 bits per heavy atom. The molecule has 0 saturated heterocycles. The Kier molecular flexibility index (Phi) is 6.11. The van der Waals surface area contributed by atoms with Gasteiger partial charge in [-0.3, -0.25) is 9.78 Å². The van der Waals surface area contributed by atoms with Crippen molar-refractivity contribution in [1.82, 2.24) is 15.2 Å². The van der Waals surface area contributed by atoms with Crippen molar-refractivity contribution >= 4 is 17.6 Å². The molecule has 1 aromatic carbocycles. The van der Waals surface area contributed by atoms with Gasteiger partial charge in [0.05, 0.1) is 0 Å². The molecule has 2 aromatic rings. The number of nitrogens with one attached hydrogen (secondary N) is 2. The Morgan fingerprint density at radius 2 is 1.78 bits per heavy atom. The number of urea groups is 1. The molecule has 0 fully saturated rings. The number of amides is 3. The Hall–Kier alpha value is -2.89. The molecule has 23 heavy (non-hydrogen) atoms. The fraction of sp³-hybridized carbons (Fsp3) is 0.235. The van der Waals surface area contributed by atoms with Crippen molar-refractivity contribution in [3.63, 3.8) is 0 Å². The van der Waals surface area contributed by atoms with Crippen LogP contribution in [0.2, 0.25) is 0 Å². The summed E-state index contributed by atoms with van der Waals surface area (Å²) in [5.41, 5.74) is 1.73. The number of aromatic nitrogens is 1. The number of carbonyl (C=O) groups is 2. The van der Waals surface area contributed by atoms with Gasteiger partial charge in [-0.2, -0.15) is 0 Å². The summed E-state index contributed by atoms with van der Waals surface area (Å²) >= 11 is 0. The zero-order chi connectivity index (χ0) is 16.5. The molecular formula is C17H20N4O2. The summed E-state index contributed by atoms with van der Waals surface area (Å²) in [7, 11) is 0. The average Bonchev–Trinajstić information content (AvgIpc) is 2.55. The number of pyridine rings is 1. The second kappa shape index (κ2) is 8.53. The van der Waals surface area contributed by atoms with Crippen LogP contribution in [0.1, 0.15) is 12.5 Å². The van der Waals surface area contributed by atoms with Crippen molar-refractivity contribution in [1.29, 1.82) is 0 Å². The molecule has 0 aliphatic heterocycles. The Labute approximate surface area is 135 Å². The second-order valence-electron chi connectivity index (χ2n) is 5.04. The third kappa shape index (κ3) is 5.78. The van der Waals surface area contributed by atoms with Crippen LogP contribution in [0, 0.1) is 0 Å². The van der Waals surface area contributed by atoms with Crippen molar-refractivity contribution in [2.24, 2.45) is 0 Å². The van der Waals surface area contributed by atoms with E-state index in [-0.39, 0.29) is 11.9 Å². The van der Waals surface area contributed by atoms with Crippen LogP contribution in [0.15, 0.2) is 54.9 Å². The minimum atomic E-state index is -0.288. The lowest BCUT2D eigenvalue weighted by Gasteiger charge is -2.21. The van der Waals surface area contributed by atoms with E-state index >= 15 is 0 Å². The van der Waals surface area contributed by atoms with Gasteiger partial charge in [-0.05, 0) is 29.8 Å². The number of hydrogen-bond acceptors (Lipinski definition) is 3. The van der Waals surface area contributed by atoms with E-state index in [1.807, 2.05) is 42.5 Å². The molecule has 1 heterocycles. The molecule has 0 saturated carbocycles. The summed E-state index contributed by atoms with van der Waals surface area (Å²) < 4.78 is 0. The maximum atomic E-state index is 11.8. The fourth-order valence-electron chi connectivity index (χ4n) is 2.06. The molecule has 0 unspecified atom stereocenters. The fourth-order valence-corrected chi connectivity index (χ4v) is 2.06. The third-order valence-electron chi connectivity index (χ3n) is 3.27. The van der Waals surface area contributed by atoms with E-state index in [0.717, 1.165) is 11.3 Å². The van der Waals surface area contributed by atoms with E-state index in [9.17, 15) is 9.59 Å². The first-order chi connectivity index (χ1) is 11.1. The SMILES string of the molecule is CC(=O)N(CCNC(=O)Nc1ccccc1)Cc1ccncc1. The standard InChI is InChI=1S/C17H20N4O2/c1-14(22)21(13-15-7-9-18-10-8-15)12-11-19-17(23)20-16-5-3-2-4-6-16/h2-10H,11-13H2,1H3,(H2,19,20,23). The topological polar surface area (TPSA) is 74.3 Å². The van der Waals surface area contributed by atoms with Gasteiger partial charge in [-0.25, -0.2) is 4.79 Å². The second-order valence-corrected chi connectivity index (χ2v) is 5.04. The lowest BCUT2D eigenvalue weighted by Crippen LogP contribution is -2.38. The first-order valence-electron chi connectivity index (χ1n) is 7.39. The molecule has 0 atom stereocenters. The van der Waals surface area contributed by atoms with Gasteiger partial charge in [0, 0.05) is 44.6 Å². The minimum Gasteiger partial charge on any atom is -0.337 e. The molecule has 6 heteroatoms. The average molecular weight is 312 g/mol. The predicted molar refractivity (Wildman–Crippen MR) is 88.8 cm³/mol. The highest BCUT2D eigenvalue weighted by Gasteiger charge is 2.10. The van der Waals surface area contributed by atoms with E-state index in [0.29, 0.717) is 19.6 Å². The van der Waals surface area contributed by atoms with E-state index in [1.54, 1.807) is 17.3 Å². The summed E-state index contributed by atoms with van der Waals surface area (Å²) in [6, 6.07) is 12.6. The Morgan fingerprint density at radius 1 is 1.09 bits per heavy atom. The van der Waals surface area contributed by atoms with Crippen LogP contribution >= 0.6 is 0 Å². The number of carbonyl (C=O) groups excluding carboxylic acids is 2. The van der Waals surface area contributed by atoms with Crippen LogP contribution in [0.4, 0.5) is 10.5 Å². The third-order valence-corrected chi connectivity index (χ3v) is 3.27. The van der Waals surface area contributed by atoms with Crippen LogP contribution in [-0.4, -0.2) is 34.9 Å². The highest BCUT2D eigenvalue weighted by atomic mass is 16.2. The number of hydrogen-bond donors (Lipinski definition) is 2. The molecule has 0 aliphatic rings. The van der Waals surface area contributed by atoms with Crippen LogP contribution in [0.25, 0.3) is 0 Å². The molecule has 1 aromatic heterocycles. The molecule has 0 spiro atoms. The van der Waals surface area contributed by atoms with Crippen molar-refractivity contribution in [2.75, 3.05) is 18.4 Å². The quantitative estimate of drug-likeness (QED) is 0.859. The van der Waals surface area contributed by atoms with Crippen molar-refractivity contribution in [3.8, 4) is 0 Å². The zero-order valence-electron chi connectivity index (χ0n) is 13.0. The van der Waals surface area contributed by atoms with E-state index in [2.05, 4.69) is 15.6 Å². The van der Waals surface area contributed by atoms with Crippen LogP contribution < -0.4 is 10.6 Å². The smallest absolute Gasteiger partial charge is 0.319 e. The molecule has 0 radical (unpaired) electrons. The molecule has 120 valence electrons. The first kappa shape index (κ1) is 16.5.